The van der Waals surface area contributed by atoms with Crippen LogP contribution in [0, 0.1) is 0 Å². The van der Waals surface area contributed by atoms with Gasteiger partial charge < -0.3 is 4.57 Å². The number of fused-ring (bicyclic) bond motifs is 1. The summed E-state index contributed by atoms with van der Waals surface area (Å²) in [6.45, 7) is 20.9. The molecule has 0 bridgehead atoms. The molecule has 3 aromatic carbocycles. The number of para-hydroxylation sites is 1. The Balaban J connectivity index is 1.73. The molecule has 0 radical (unpaired) electrons. The molecule has 0 spiro atoms. The summed E-state index contributed by atoms with van der Waals surface area (Å²) >= 11 is 0. The molecule has 0 saturated heterocycles. The van der Waals surface area contributed by atoms with E-state index in [1.165, 1.54) is 5.39 Å². The number of allylic oxidation sites excluding steroid dienone is 13. The first-order chi connectivity index (χ1) is 24.9. The molecular formula is C48H49N3. The van der Waals surface area contributed by atoms with E-state index in [1.807, 2.05) is 74.5 Å². The third-order valence-electron chi connectivity index (χ3n) is 8.23. The van der Waals surface area contributed by atoms with Gasteiger partial charge in [0.25, 0.3) is 0 Å². The highest BCUT2D eigenvalue weighted by Gasteiger charge is 2.14. The van der Waals surface area contributed by atoms with Crippen LogP contribution in [0.4, 0.5) is 0 Å². The van der Waals surface area contributed by atoms with Crippen molar-refractivity contribution in [3.63, 3.8) is 0 Å². The number of aliphatic imine (C=N–C) groups is 2. The largest absolute Gasteiger partial charge is 0.309 e. The molecule has 4 rings (SSSR count). The Bertz CT molecular complexity index is 2100. The quantitative estimate of drug-likeness (QED) is 0.0686. The first-order valence-corrected chi connectivity index (χ1v) is 17.4. The molecule has 0 amide bonds. The van der Waals surface area contributed by atoms with Crippen LogP contribution in [0.15, 0.2) is 193 Å². The van der Waals surface area contributed by atoms with Gasteiger partial charge in [-0.15, -0.1) is 0 Å². The summed E-state index contributed by atoms with van der Waals surface area (Å²) in [5, 5.41) is 1.17. The van der Waals surface area contributed by atoms with Crippen molar-refractivity contribution in [2.75, 3.05) is 0 Å². The lowest BCUT2D eigenvalue weighted by Crippen LogP contribution is -2.02. The fraction of sp³-hybridized carbons (Fsp3) is 0.125. The Morgan fingerprint density at radius 2 is 1.45 bits per heavy atom. The smallest absolute Gasteiger partial charge is 0.133 e. The summed E-state index contributed by atoms with van der Waals surface area (Å²) in [6, 6.07) is 28.6. The minimum absolute atomic E-state index is 0.527. The predicted molar refractivity (Wildman–Crippen MR) is 227 cm³/mol. The molecule has 0 fully saturated rings. The molecule has 0 unspecified atom stereocenters. The molecule has 3 nitrogen and oxygen atoms in total. The number of rotatable bonds is 15. The average Bonchev–Trinajstić information content (AvgIpc) is 3.47. The van der Waals surface area contributed by atoms with Crippen molar-refractivity contribution in [3.8, 4) is 0 Å². The van der Waals surface area contributed by atoms with Gasteiger partial charge in [-0.1, -0.05) is 166 Å². The summed E-state index contributed by atoms with van der Waals surface area (Å²) in [6.07, 6.45) is 28.5. The van der Waals surface area contributed by atoms with Gasteiger partial charge in [-0.3, -0.25) is 0 Å². The third kappa shape index (κ3) is 10.5. The molecule has 0 N–H and O–H groups in total. The Kier molecular flexibility index (Phi) is 14.7. The van der Waals surface area contributed by atoms with Gasteiger partial charge in [0, 0.05) is 28.8 Å². The van der Waals surface area contributed by atoms with Gasteiger partial charge in [-0.25, -0.2) is 9.98 Å². The number of nitrogens with zero attached hydrogens (tertiary/aromatic N) is 3. The van der Waals surface area contributed by atoms with E-state index < -0.39 is 0 Å². The van der Waals surface area contributed by atoms with E-state index in [-0.39, 0.29) is 0 Å². The van der Waals surface area contributed by atoms with E-state index >= 15 is 0 Å². The lowest BCUT2D eigenvalue weighted by molar-refractivity contribution is 1.15. The van der Waals surface area contributed by atoms with E-state index in [1.54, 1.807) is 0 Å². The minimum atomic E-state index is 0.527. The van der Waals surface area contributed by atoms with Gasteiger partial charge in [0.2, 0.25) is 0 Å². The zero-order valence-corrected chi connectivity index (χ0v) is 30.5. The Labute approximate surface area is 305 Å². The topological polar surface area (TPSA) is 29.6 Å². The second-order valence-corrected chi connectivity index (χ2v) is 11.9. The van der Waals surface area contributed by atoms with Gasteiger partial charge in [0.05, 0.1) is 16.9 Å². The summed E-state index contributed by atoms with van der Waals surface area (Å²) in [5.74, 6) is 0.686. The van der Waals surface area contributed by atoms with Crippen LogP contribution in [0.25, 0.3) is 34.4 Å². The molecule has 0 aliphatic heterocycles. The normalized spacial score (nSPS) is 13.8. The summed E-state index contributed by atoms with van der Waals surface area (Å²) < 4.78 is 2.22. The van der Waals surface area contributed by atoms with E-state index in [9.17, 15) is 0 Å². The predicted octanol–water partition coefficient (Wildman–Crippen LogP) is 13.3. The number of hydrogen-bond donors (Lipinski definition) is 0. The average molecular weight is 668 g/mol. The monoisotopic (exact) mass is 667 g/mol. The molecule has 1 heterocycles. The van der Waals surface area contributed by atoms with Crippen LogP contribution in [0.3, 0.4) is 0 Å². The number of amidine groups is 1. The molecule has 51 heavy (non-hydrogen) atoms. The van der Waals surface area contributed by atoms with Gasteiger partial charge >= 0.3 is 0 Å². The number of benzene rings is 3. The van der Waals surface area contributed by atoms with Crippen molar-refractivity contribution >= 4 is 46.0 Å². The van der Waals surface area contributed by atoms with Crippen LogP contribution >= 0.6 is 0 Å². The summed E-state index contributed by atoms with van der Waals surface area (Å²) in [4.78, 5) is 9.87. The maximum atomic E-state index is 4.97. The van der Waals surface area contributed by atoms with E-state index in [4.69, 9.17) is 9.98 Å². The van der Waals surface area contributed by atoms with Crippen molar-refractivity contribution in [1.29, 1.82) is 0 Å². The number of aromatic nitrogens is 1. The van der Waals surface area contributed by atoms with Crippen molar-refractivity contribution < 1.29 is 0 Å². The molecule has 0 aliphatic rings. The van der Waals surface area contributed by atoms with Crippen LogP contribution < -0.4 is 0 Å². The van der Waals surface area contributed by atoms with Crippen molar-refractivity contribution in [3.05, 3.63) is 205 Å². The molecule has 1 aromatic heterocycles. The van der Waals surface area contributed by atoms with Crippen LogP contribution in [0.5, 0.6) is 0 Å². The Morgan fingerprint density at radius 3 is 2.12 bits per heavy atom. The zero-order valence-electron chi connectivity index (χ0n) is 30.5. The highest BCUT2D eigenvalue weighted by molar-refractivity contribution is 6.07. The molecule has 256 valence electrons. The van der Waals surface area contributed by atoms with Crippen molar-refractivity contribution in [1.82, 2.24) is 4.57 Å². The lowest BCUT2D eigenvalue weighted by Gasteiger charge is -2.10. The Hall–Kier alpha value is -6.06. The first-order valence-electron chi connectivity index (χ1n) is 17.4. The molecule has 0 aliphatic carbocycles. The standard InChI is InChI=1S/C48H49N3/c1-8-12-13-14-17-26-40(37(5)35-36-43(10-3)51-46(11-4)44(25-9-2)45-32-22-23-33-47(45)51)31-24-34-48(49-38(6)41-27-18-15-19-28-41)50-39(7)42-29-20-16-21-30-42/h9-33,35-36H,3-4,6,8,34H2,1-2,5,7H3/b13-12-,17-14-,25-9-,31-24-,37-35+,40-26+,43-36+,49-48-,50-39+. The van der Waals surface area contributed by atoms with E-state index in [0.29, 0.717) is 18.0 Å². The molecule has 0 atom stereocenters. The summed E-state index contributed by atoms with van der Waals surface area (Å²) in [7, 11) is 0. The first kappa shape index (κ1) is 37.8. The molecule has 4 aromatic rings. The van der Waals surface area contributed by atoms with Crippen LogP contribution in [0.1, 0.15) is 62.9 Å². The fourth-order valence-electron chi connectivity index (χ4n) is 5.60. The summed E-state index contributed by atoms with van der Waals surface area (Å²) in [5.41, 5.74) is 10.00. The second-order valence-electron chi connectivity index (χ2n) is 11.9. The Morgan fingerprint density at radius 1 is 0.765 bits per heavy atom. The van der Waals surface area contributed by atoms with Crippen molar-refractivity contribution in [2.45, 2.75) is 40.5 Å². The zero-order chi connectivity index (χ0) is 36.4. The van der Waals surface area contributed by atoms with Gasteiger partial charge in [-0.05, 0) is 73.8 Å². The van der Waals surface area contributed by atoms with E-state index in [2.05, 4.69) is 141 Å². The molecular weight excluding hydrogens is 619 g/mol. The third-order valence-corrected chi connectivity index (χ3v) is 8.23. The second kappa shape index (κ2) is 19.8. The fourth-order valence-corrected chi connectivity index (χ4v) is 5.60. The molecule has 3 heteroatoms. The highest BCUT2D eigenvalue weighted by Crippen LogP contribution is 2.32. The SMILES string of the molecule is C=C/C(=C\C=C(/C)C(=C/C=C\C=C/CC)/C=C\CC(=N/C(=C)c1ccccc1)/N=C(\C)c1ccccc1)n1c(C=C)c(/C=C\C)c2ccccc21. The van der Waals surface area contributed by atoms with Crippen LogP contribution in [-0.2, 0) is 0 Å². The lowest BCUT2D eigenvalue weighted by atomic mass is 10.0. The van der Waals surface area contributed by atoms with E-state index in [0.717, 1.165) is 56.9 Å². The van der Waals surface area contributed by atoms with Gasteiger partial charge in [0.15, 0.2) is 0 Å². The van der Waals surface area contributed by atoms with Crippen molar-refractivity contribution in [2.24, 2.45) is 9.98 Å². The highest BCUT2D eigenvalue weighted by atomic mass is 15.0. The maximum absolute atomic E-state index is 4.97. The van der Waals surface area contributed by atoms with Gasteiger partial charge in [-0.2, -0.15) is 0 Å². The van der Waals surface area contributed by atoms with Gasteiger partial charge in [0.1, 0.15) is 5.84 Å². The number of hydrogen-bond acceptors (Lipinski definition) is 1. The van der Waals surface area contributed by atoms with Crippen LogP contribution in [0.2, 0.25) is 0 Å². The van der Waals surface area contributed by atoms with Crippen LogP contribution in [-0.4, -0.2) is 16.1 Å². The minimum Gasteiger partial charge on any atom is -0.309 e. The maximum Gasteiger partial charge on any atom is 0.133 e. The molecule has 0 saturated carbocycles.